The molecule has 0 N–H and O–H groups in total. The molecule has 1 atom stereocenters. The minimum atomic E-state index is -4.56. The van der Waals surface area contributed by atoms with Gasteiger partial charge in [0.2, 0.25) is 0 Å². The van der Waals surface area contributed by atoms with Crippen LogP contribution in [0, 0.1) is 0 Å². The molecule has 0 saturated heterocycles. The lowest BCUT2D eigenvalue weighted by molar-refractivity contribution is -0.318. The van der Waals surface area contributed by atoms with E-state index in [9.17, 15) is 14.4 Å². The van der Waals surface area contributed by atoms with Gasteiger partial charge in [-0.15, -0.1) is 6.58 Å². The molecule has 0 spiro atoms. The summed E-state index contributed by atoms with van der Waals surface area (Å²) >= 11 is 0. The normalized spacial score (nSPS) is 14.8. The summed E-state index contributed by atoms with van der Waals surface area (Å²) in [7, 11) is -4.56. The number of likely N-dealkylation sites (N-methyl/N-ethyl adjacent to an activating group) is 1. The van der Waals surface area contributed by atoms with E-state index in [0.29, 0.717) is 13.1 Å². The van der Waals surface area contributed by atoms with Crippen molar-refractivity contribution in [3.05, 3.63) is 12.7 Å². The molecule has 0 heterocycles. The van der Waals surface area contributed by atoms with Gasteiger partial charge in [-0.25, -0.2) is 0 Å². The van der Waals surface area contributed by atoms with E-state index in [0.717, 1.165) is 0 Å². The van der Waals surface area contributed by atoms with Gasteiger partial charge >= 0.3 is 0 Å². The van der Waals surface area contributed by atoms with Gasteiger partial charge in [0.1, 0.15) is 0 Å². The van der Waals surface area contributed by atoms with Gasteiger partial charge in [0.05, 0.1) is 5.78 Å². The van der Waals surface area contributed by atoms with Crippen LogP contribution >= 0.6 is 7.60 Å². The molecule has 0 aromatic rings. The van der Waals surface area contributed by atoms with Crippen LogP contribution in [-0.4, -0.2) is 23.8 Å². The predicted octanol–water partition coefficient (Wildman–Crippen LogP) is -0.246. The van der Waals surface area contributed by atoms with Gasteiger partial charge in [-0.1, -0.05) is 19.9 Å². The molecule has 0 aliphatic carbocycles. The zero-order chi connectivity index (χ0) is 9.78. The first kappa shape index (κ1) is 11.8. The van der Waals surface area contributed by atoms with Crippen molar-refractivity contribution in [1.29, 1.82) is 0 Å². The van der Waals surface area contributed by atoms with E-state index in [2.05, 4.69) is 6.58 Å². The first-order valence-corrected chi connectivity index (χ1v) is 5.46. The van der Waals surface area contributed by atoms with Crippen LogP contribution in [0.5, 0.6) is 0 Å². The molecule has 0 rings (SSSR count). The summed E-state index contributed by atoms with van der Waals surface area (Å²) in [5.74, 6) is -1.06. The van der Waals surface area contributed by atoms with Gasteiger partial charge in [0.15, 0.2) is 0 Å². The average molecular weight is 191 g/mol. The summed E-state index contributed by atoms with van der Waals surface area (Å²) in [6.45, 7) is 7.99. The lowest BCUT2D eigenvalue weighted by atomic mass is 10.4. The third kappa shape index (κ3) is 3.07. The standard InChI is InChI=1S/C7H16NO3P/c1-4-7(12(9,10)11)8(5-2)6-3/h4,7H,1,5-6H2,2-3H3,(H2,9,10,11)/p-2. The summed E-state index contributed by atoms with van der Waals surface area (Å²) in [5.41, 5.74) is 0. The maximum Gasteiger partial charge on any atom is 0.0552 e. The van der Waals surface area contributed by atoms with Crippen molar-refractivity contribution >= 4 is 7.60 Å². The quantitative estimate of drug-likeness (QED) is 0.444. The van der Waals surface area contributed by atoms with Crippen molar-refractivity contribution in [2.75, 3.05) is 13.1 Å². The van der Waals surface area contributed by atoms with E-state index < -0.39 is 13.4 Å². The van der Waals surface area contributed by atoms with E-state index in [1.807, 2.05) is 0 Å². The van der Waals surface area contributed by atoms with E-state index in [1.54, 1.807) is 18.7 Å². The molecule has 5 heteroatoms. The third-order valence-electron chi connectivity index (χ3n) is 1.72. The van der Waals surface area contributed by atoms with Gasteiger partial charge in [0.25, 0.3) is 0 Å². The molecule has 0 fully saturated rings. The number of hydrogen-bond acceptors (Lipinski definition) is 4. The lowest BCUT2D eigenvalue weighted by Gasteiger charge is -2.42. The molecule has 0 aliphatic heterocycles. The highest BCUT2D eigenvalue weighted by molar-refractivity contribution is 7.49. The van der Waals surface area contributed by atoms with Crippen molar-refractivity contribution < 1.29 is 14.4 Å². The van der Waals surface area contributed by atoms with Crippen molar-refractivity contribution in [1.82, 2.24) is 4.90 Å². The summed E-state index contributed by atoms with van der Waals surface area (Å²) in [6.07, 6.45) is 1.17. The Labute approximate surface area is 73.1 Å². The van der Waals surface area contributed by atoms with Crippen LogP contribution in [0.25, 0.3) is 0 Å². The van der Waals surface area contributed by atoms with Gasteiger partial charge in [-0.05, 0) is 20.7 Å². The molecular formula is C7H14NO3P-2. The molecule has 0 aromatic carbocycles. The summed E-state index contributed by atoms with van der Waals surface area (Å²) in [6, 6.07) is 0. The second kappa shape index (κ2) is 4.77. The Morgan fingerprint density at radius 2 is 1.92 bits per heavy atom. The minimum absolute atomic E-state index is 0.529. The SMILES string of the molecule is C=CC(N(CC)CC)P(=O)([O-])[O-]. The highest BCUT2D eigenvalue weighted by atomic mass is 31.2. The fourth-order valence-corrected chi connectivity index (χ4v) is 2.06. The molecule has 72 valence electrons. The Bertz CT molecular complexity index is 185. The first-order valence-electron chi connectivity index (χ1n) is 3.85. The molecular weight excluding hydrogens is 177 g/mol. The highest BCUT2D eigenvalue weighted by Gasteiger charge is 2.14. The van der Waals surface area contributed by atoms with Gasteiger partial charge in [0, 0.05) is 0 Å². The fourth-order valence-electron chi connectivity index (χ4n) is 1.08. The second-order valence-electron chi connectivity index (χ2n) is 2.41. The third-order valence-corrected chi connectivity index (χ3v) is 2.91. The topological polar surface area (TPSA) is 66.4 Å². The molecule has 0 aromatic heterocycles. The minimum Gasteiger partial charge on any atom is -0.809 e. The lowest BCUT2D eigenvalue weighted by Crippen LogP contribution is -2.39. The van der Waals surface area contributed by atoms with Crippen LogP contribution in [0.3, 0.4) is 0 Å². The first-order chi connectivity index (χ1) is 5.47. The van der Waals surface area contributed by atoms with Gasteiger partial charge in [-0.3, -0.25) is 4.90 Å². The average Bonchev–Trinajstić information content (AvgIpc) is 1.97. The second-order valence-corrected chi connectivity index (χ2v) is 4.02. The zero-order valence-electron chi connectivity index (χ0n) is 7.40. The Kier molecular flexibility index (Phi) is 4.71. The van der Waals surface area contributed by atoms with Crippen molar-refractivity contribution in [2.45, 2.75) is 19.6 Å². The van der Waals surface area contributed by atoms with Crippen molar-refractivity contribution in [2.24, 2.45) is 0 Å². The monoisotopic (exact) mass is 191 g/mol. The van der Waals surface area contributed by atoms with Crippen molar-refractivity contribution in [3.63, 3.8) is 0 Å². The van der Waals surface area contributed by atoms with Gasteiger partial charge in [-0.2, -0.15) is 0 Å². The molecule has 0 bridgehead atoms. The van der Waals surface area contributed by atoms with E-state index in [1.165, 1.54) is 6.08 Å². The van der Waals surface area contributed by atoms with Crippen molar-refractivity contribution in [3.8, 4) is 0 Å². The van der Waals surface area contributed by atoms with Crippen LogP contribution in [0.1, 0.15) is 13.8 Å². The Balaban J connectivity index is 4.53. The zero-order valence-corrected chi connectivity index (χ0v) is 8.29. The van der Waals surface area contributed by atoms with Gasteiger partial charge < -0.3 is 14.4 Å². The predicted molar refractivity (Wildman–Crippen MR) is 44.5 cm³/mol. The molecule has 0 saturated carbocycles. The van der Waals surface area contributed by atoms with Crippen LogP contribution in [0.2, 0.25) is 0 Å². The van der Waals surface area contributed by atoms with Crippen LogP contribution in [-0.2, 0) is 4.57 Å². The van der Waals surface area contributed by atoms with Crippen LogP contribution in [0.15, 0.2) is 12.7 Å². The van der Waals surface area contributed by atoms with Crippen LogP contribution < -0.4 is 9.79 Å². The Morgan fingerprint density at radius 1 is 1.50 bits per heavy atom. The van der Waals surface area contributed by atoms with E-state index in [4.69, 9.17) is 0 Å². The Hall–Kier alpha value is -0.150. The largest absolute Gasteiger partial charge is 0.809 e. The maximum absolute atomic E-state index is 10.7. The van der Waals surface area contributed by atoms with E-state index >= 15 is 0 Å². The van der Waals surface area contributed by atoms with Crippen LogP contribution in [0.4, 0.5) is 0 Å². The summed E-state index contributed by atoms with van der Waals surface area (Å²) in [5, 5.41) is 0. The molecule has 0 amide bonds. The smallest absolute Gasteiger partial charge is 0.0552 e. The summed E-state index contributed by atoms with van der Waals surface area (Å²) < 4.78 is 10.7. The molecule has 0 aliphatic rings. The van der Waals surface area contributed by atoms with E-state index in [-0.39, 0.29) is 0 Å². The maximum atomic E-state index is 10.7. The fraction of sp³-hybridized carbons (Fsp3) is 0.714. The highest BCUT2D eigenvalue weighted by Crippen LogP contribution is 2.34. The molecule has 4 nitrogen and oxygen atoms in total. The molecule has 0 radical (unpaired) electrons. The molecule has 1 unspecified atom stereocenters. The number of nitrogens with zero attached hydrogens (tertiary/aromatic N) is 1. The summed E-state index contributed by atoms with van der Waals surface area (Å²) in [4.78, 5) is 22.9. The number of hydrogen-bond donors (Lipinski definition) is 0. The number of rotatable bonds is 5. The molecule has 12 heavy (non-hydrogen) atoms. The Morgan fingerprint density at radius 3 is 2.00 bits per heavy atom.